The first-order valence-corrected chi connectivity index (χ1v) is 11.0. The summed E-state index contributed by atoms with van der Waals surface area (Å²) in [5.74, 6) is -1.01. The fraction of sp³-hybridized carbons (Fsp3) is 0.417. The standard InChI is InChI=1S/C24H26FN3O3/c1-24(23(30)26-17-8-4-2-3-5-9-17)15-27-19-11-12-31-21(19)14-20(27)22(29)28(24)18-10-6-7-16(25)13-18/h6-7,10-14,17H,2-5,8-9,15H2,1H3,(H,26,30)/t24-/m0/s1. The molecule has 6 nitrogen and oxygen atoms in total. The first-order valence-electron chi connectivity index (χ1n) is 11.0. The molecule has 1 saturated carbocycles. The van der Waals surface area contributed by atoms with Gasteiger partial charge in [-0.25, -0.2) is 4.39 Å². The van der Waals surface area contributed by atoms with Gasteiger partial charge in [-0.3, -0.25) is 14.5 Å². The third-order valence-corrected chi connectivity index (χ3v) is 6.65. The monoisotopic (exact) mass is 423 g/mol. The number of aromatic nitrogens is 1. The normalized spacial score (nSPS) is 22.4. The predicted octanol–water partition coefficient (Wildman–Crippen LogP) is 4.63. The summed E-state index contributed by atoms with van der Waals surface area (Å²) in [6, 6.07) is 9.44. The molecule has 0 saturated heterocycles. The SMILES string of the molecule is C[C@@]1(C(=O)NC2CCCCCC2)Cn2c(cc3occc32)C(=O)N1c1cccc(F)c1. The highest BCUT2D eigenvalue weighted by atomic mass is 19.1. The average molecular weight is 423 g/mol. The number of carbonyl (C=O) groups excluding carboxylic acids is 2. The predicted molar refractivity (Wildman–Crippen MR) is 115 cm³/mol. The number of halogens is 1. The Bertz CT molecular complexity index is 1140. The molecule has 7 heteroatoms. The Morgan fingerprint density at radius 1 is 1.16 bits per heavy atom. The topological polar surface area (TPSA) is 67.5 Å². The lowest BCUT2D eigenvalue weighted by Gasteiger charge is -2.44. The highest BCUT2D eigenvalue weighted by Crippen LogP contribution is 2.36. The molecule has 1 fully saturated rings. The van der Waals surface area contributed by atoms with Gasteiger partial charge in [0.25, 0.3) is 5.91 Å². The number of furan rings is 1. The molecule has 2 amide bonds. The highest BCUT2D eigenvalue weighted by molar-refractivity contribution is 6.13. The van der Waals surface area contributed by atoms with Crippen LogP contribution < -0.4 is 10.2 Å². The lowest BCUT2D eigenvalue weighted by Crippen LogP contribution is -2.65. The van der Waals surface area contributed by atoms with Gasteiger partial charge in [-0.2, -0.15) is 0 Å². The quantitative estimate of drug-likeness (QED) is 0.625. The van der Waals surface area contributed by atoms with Crippen molar-refractivity contribution in [3.63, 3.8) is 0 Å². The number of fused-ring (bicyclic) bond motifs is 3. The molecule has 1 aliphatic heterocycles. The number of benzene rings is 1. The van der Waals surface area contributed by atoms with Gasteiger partial charge in [0.1, 0.15) is 17.1 Å². The first kappa shape index (κ1) is 19.8. The molecule has 5 rings (SSSR count). The lowest BCUT2D eigenvalue weighted by atomic mass is 9.92. The Labute approximate surface area is 180 Å². The summed E-state index contributed by atoms with van der Waals surface area (Å²) in [6.07, 6.45) is 8.00. The average Bonchev–Trinajstić information content (AvgIpc) is 3.23. The van der Waals surface area contributed by atoms with Crippen LogP contribution in [0.3, 0.4) is 0 Å². The van der Waals surface area contributed by atoms with E-state index >= 15 is 0 Å². The van der Waals surface area contributed by atoms with Gasteiger partial charge in [0.2, 0.25) is 5.91 Å². The van der Waals surface area contributed by atoms with Crippen molar-refractivity contribution in [2.45, 2.75) is 63.6 Å². The van der Waals surface area contributed by atoms with Crippen molar-refractivity contribution < 1.29 is 18.4 Å². The molecule has 1 atom stereocenters. The molecular formula is C24H26FN3O3. The van der Waals surface area contributed by atoms with Crippen LogP contribution in [-0.4, -0.2) is 28.0 Å². The maximum atomic E-state index is 14.1. The van der Waals surface area contributed by atoms with Crippen LogP contribution in [0.15, 0.2) is 47.1 Å². The van der Waals surface area contributed by atoms with Crippen LogP contribution in [0.1, 0.15) is 55.9 Å². The van der Waals surface area contributed by atoms with Crippen LogP contribution in [0.2, 0.25) is 0 Å². The van der Waals surface area contributed by atoms with E-state index in [1.54, 1.807) is 37.5 Å². The van der Waals surface area contributed by atoms with Crippen LogP contribution in [0.25, 0.3) is 11.1 Å². The van der Waals surface area contributed by atoms with E-state index in [4.69, 9.17) is 4.42 Å². The van der Waals surface area contributed by atoms with Gasteiger partial charge in [0.05, 0.1) is 18.3 Å². The Morgan fingerprint density at radius 3 is 2.68 bits per heavy atom. The van der Waals surface area contributed by atoms with Gasteiger partial charge in [0.15, 0.2) is 5.58 Å². The van der Waals surface area contributed by atoms with E-state index in [-0.39, 0.29) is 24.4 Å². The molecule has 3 heterocycles. The molecule has 0 unspecified atom stereocenters. The summed E-state index contributed by atoms with van der Waals surface area (Å²) >= 11 is 0. The summed E-state index contributed by atoms with van der Waals surface area (Å²) in [6.45, 7) is 2.02. The molecule has 31 heavy (non-hydrogen) atoms. The second-order valence-electron chi connectivity index (χ2n) is 8.84. The van der Waals surface area contributed by atoms with E-state index in [9.17, 15) is 14.0 Å². The molecule has 0 radical (unpaired) electrons. The molecule has 0 bridgehead atoms. The Hall–Kier alpha value is -3.09. The van der Waals surface area contributed by atoms with Crippen molar-refractivity contribution in [3.05, 3.63) is 54.2 Å². The zero-order chi connectivity index (χ0) is 21.6. The van der Waals surface area contributed by atoms with Crippen LogP contribution in [0, 0.1) is 5.82 Å². The lowest BCUT2D eigenvalue weighted by molar-refractivity contribution is -0.127. The van der Waals surface area contributed by atoms with Crippen LogP contribution >= 0.6 is 0 Å². The van der Waals surface area contributed by atoms with E-state index in [1.165, 1.54) is 29.9 Å². The smallest absolute Gasteiger partial charge is 0.276 e. The fourth-order valence-corrected chi connectivity index (χ4v) is 5.00. The van der Waals surface area contributed by atoms with Crippen LogP contribution in [-0.2, 0) is 11.3 Å². The van der Waals surface area contributed by atoms with Gasteiger partial charge in [-0.15, -0.1) is 0 Å². The minimum Gasteiger partial charge on any atom is -0.463 e. The number of rotatable bonds is 3. The minimum absolute atomic E-state index is 0.0938. The number of nitrogens with zero attached hydrogens (tertiary/aromatic N) is 2. The number of hydrogen-bond donors (Lipinski definition) is 1. The number of amides is 2. The number of hydrogen-bond acceptors (Lipinski definition) is 3. The van der Waals surface area contributed by atoms with E-state index < -0.39 is 11.4 Å². The Morgan fingerprint density at radius 2 is 1.94 bits per heavy atom. The van der Waals surface area contributed by atoms with Crippen LogP contribution in [0.4, 0.5) is 10.1 Å². The Kier molecular flexibility index (Phi) is 4.84. The number of anilines is 1. The molecule has 162 valence electrons. The third-order valence-electron chi connectivity index (χ3n) is 6.65. The minimum atomic E-state index is -1.21. The van der Waals surface area contributed by atoms with E-state index in [1.807, 2.05) is 4.57 Å². The Balaban J connectivity index is 1.58. The molecule has 1 aromatic carbocycles. The zero-order valence-electron chi connectivity index (χ0n) is 17.6. The van der Waals surface area contributed by atoms with Crippen molar-refractivity contribution in [2.24, 2.45) is 0 Å². The van der Waals surface area contributed by atoms with Crippen molar-refractivity contribution in [1.82, 2.24) is 9.88 Å². The second-order valence-corrected chi connectivity index (χ2v) is 8.84. The summed E-state index contributed by atoms with van der Waals surface area (Å²) in [5, 5.41) is 3.21. The van der Waals surface area contributed by atoms with Gasteiger partial charge in [-0.1, -0.05) is 31.7 Å². The van der Waals surface area contributed by atoms with Crippen molar-refractivity contribution in [2.75, 3.05) is 4.90 Å². The van der Waals surface area contributed by atoms with Crippen LogP contribution in [0.5, 0.6) is 0 Å². The van der Waals surface area contributed by atoms with Gasteiger partial charge in [0, 0.05) is 23.9 Å². The second kappa shape index (κ2) is 7.55. The summed E-state index contributed by atoms with van der Waals surface area (Å²) in [4.78, 5) is 28.8. The summed E-state index contributed by atoms with van der Waals surface area (Å²) in [7, 11) is 0. The molecule has 2 aromatic heterocycles. The summed E-state index contributed by atoms with van der Waals surface area (Å²) < 4.78 is 21.4. The van der Waals surface area contributed by atoms with E-state index in [0.717, 1.165) is 31.2 Å². The highest BCUT2D eigenvalue weighted by Gasteiger charge is 2.49. The van der Waals surface area contributed by atoms with Gasteiger partial charge < -0.3 is 14.3 Å². The zero-order valence-corrected chi connectivity index (χ0v) is 17.6. The fourth-order valence-electron chi connectivity index (χ4n) is 5.00. The van der Waals surface area contributed by atoms with Gasteiger partial charge >= 0.3 is 0 Å². The number of nitrogens with one attached hydrogen (secondary N) is 1. The molecular weight excluding hydrogens is 397 g/mol. The van der Waals surface area contributed by atoms with Crippen molar-refractivity contribution >= 4 is 28.6 Å². The van der Waals surface area contributed by atoms with E-state index in [2.05, 4.69) is 5.32 Å². The molecule has 1 N–H and O–H groups in total. The molecule has 2 aliphatic rings. The molecule has 3 aromatic rings. The molecule has 1 aliphatic carbocycles. The molecule has 0 spiro atoms. The number of carbonyl (C=O) groups is 2. The van der Waals surface area contributed by atoms with Crippen molar-refractivity contribution in [3.8, 4) is 0 Å². The third kappa shape index (κ3) is 3.32. The van der Waals surface area contributed by atoms with Gasteiger partial charge in [-0.05, 0) is 38.0 Å². The largest absolute Gasteiger partial charge is 0.463 e. The summed E-state index contributed by atoms with van der Waals surface area (Å²) in [5.41, 5.74) is 0.950. The first-order chi connectivity index (χ1) is 15.0. The van der Waals surface area contributed by atoms with E-state index in [0.29, 0.717) is 17.0 Å². The van der Waals surface area contributed by atoms with Crippen molar-refractivity contribution in [1.29, 1.82) is 0 Å². The maximum Gasteiger partial charge on any atom is 0.276 e. The maximum absolute atomic E-state index is 14.1.